The molecular formula is C16H12Cl2N4O2S. The molecule has 0 radical (unpaired) electrons. The molecule has 2 aromatic carbocycles. The van der Waals surface area contributed by atoms with Gasteiger partial charge < -0.3 is 9.47 Å². The summed E-state index contributed by atoms with van der Waals surface area (Å²) < 4.78 is 12.6. The minimum atomic E-state index is 0.245. The van der Waals surface area contributed by atoms with E-state index in [4.69, 9.17) is 32.7 Å². The van der Waals surface area contributed by atoms with Gasteiger partial charge in [0.25, 0.3) is 0 Å². The van der Waals surface area contributed by atoms with Gasteiger partial charge in [0.2, 0.25) is 5.16 Å². The fourth-order valence-electron chi connectivity index (χ4n) is 2.52. The van der Waals surface area contributed by atoms with E-state index in [-0.39, 0.29) is 6.79 Å². The maximum atomic E-state index is 6.21. The zero-order valence-corrected chi connectivity index (χ0v) is 15.2. The van der Waals surface area contributed by atoms with Crippen molar-refractivity contribution in [1.82, 2.24) is 20.2 Å². The molecule has 1 aliphatic heterocycles. The van der Waals surface area contributed by atoms with E-state index < -0.39 is 0 Å². The molecule has 0 spiro atoms. The van der Waals surface area contributed by atoms with Crippen molar-refractivity contribution < 1.29 is 9.47 Å². The van der Waals surface area contributed by atoms with Crippen LogP contribution in [0.15, 0.2) is 41.6 Å². The van der Waals surface area contributed by atoms with Gasteiger partial charge in [-0.2, -0.15) is 4.68 Å². The van der Waals surface area contributed by atoms with Crippen molar-refractivity contribution in [3.8, 4) is 11.4 Å². The second kappa shape index (κ2) is 7.21. The Kier molecular flexibility index (Phi) is 4.80. The molecular weight excluding hydrogens is 383 g/mol. The molecule has 9 heteroatoms. The number of tetrazole rings is 1. The first kappa shape index (κ1) is 16.7. The number of benzene rings is 2. The van der Waals surface area contributed by atoms with Crippen molar-refractivity contribution in [2.75, 3.05) is 6.79 Å². The van der Waals surface area contributed by atoms with E-state index >= 15 is 0 Å². The molecule has 128 valence electrons. The molecule has 1 aromatic heterocycles. The highest BCUT2D eigenvalue weighted by atomic mass is 35.5. The van der Waals surface area contributed by atoms with Gasteiger partial charge in [0.1, 0.15) is 5.75 Å². The van der Waals surface area contributed by atoms with Crippen molar-refractivity contribution in [2.24, 2.45) is 0 Å². The van der Waals surface area contributed by atoms with E-state index in [2.05, 4.69) is 15.5 Å². The molecule has 0 saturated carbocycles. The topological polar surface area (TPSA) is 62.1 Å². The number of halogens is 2. The van der Waals surface area contributed by atoms with Crippen LogP contribution in [0.1, 0.15) is 11.1 Å². The van der Waals surface area contributed by atoms with E-state index in [1.165, 1.54) is 11.8 Å². The Labute approximate surface area is 158 Å². The summed E-state index contributed by atoms with van der Waals surface area (Å²) in [6.07, 6.45) is 0. The van der Waals surface area contributed by atoms with Crippen molar-refractivity contribution in [1.29, 1.82) is 0 Å². The van der Waals surface area contributed by atoms with Gasteiger partial charge in [-0.1, -0.05) is 35.0 Å². The summed E-state index contributed by atoms with van der Waals surface area (Å²) in [5.74, 6) is 1.45. The summed E-state index contributed by atoms with van der Waals surface area (Å²) in [4.78, 5) is 0. The third kappa shape index (κ3) is 3.59. The molecule has 2 heterocycles. The highest BCUT2D eigenvalue weighted by Gasteiger charge is 2.18. The van der Waals surface area contributed by atoms with Gasteiger partial charge in [-0.3, -0.25) is 0 Å². The number of nitrogens with zero attached hydrogens (tertiary/aromatic N) is 4. The fourth-order valence-corrected chi connectivity index (χ4v) is 3.77. The largest absolute Gasteiger partial charge is 0.467 e. The van der Waals surface area contributed by atoms with Crippen molar-refractivity contribution in [3.63, 3.8) is 0 Å². The number of aromatic nitrogens is 4. The second-order valence-electron chi connectivity index (χ2n) is 5.30. The lowest BCUT2D eigenvalue weighted by Crippen LogP contribution is -2.13. The van der Waals surface area contributed by atoms with Crippen LogP contribution in [-0.4, -0.2) is 27.0 Å². The summed E-state index contributed by atoms with van der Waals surface area (Å²) >= 11 is 13.6. The predicted octanol–water partition coefficient (Wildman–Crippen LogP) is 4.13. The highest BCUT2D eigenvalue weighted by molar-refractivity contribution is 7.98. The van der Waals surface area contributed by atoms with Gasteiger partial charge in [0.05, 0.1) is 12.3 Å². The lowest BCUT2D eigenvalue weighted by atomic mass is 10.1. The van der Waals surface area contributed by atoms with Crippen molar-refractivity contribution in [3.05, 3.63) is 57.6 Å². The minimum absolute atomic E-state index is 0.245. The van der Waals surface area contributed by atoms with Crippen LogP contribution in [0.4, 0.5) is 0 Å². The Balaban J connectivity index is 1.58. The van der Waals surface area contributed by atoms with Crippen LogP contribution in [0.25, 0.3) is 5.69 Å². The molecule has 0 saturated heterocycles. The molecule has 3 aromatic rings. The summed E-state index contributed by atoms with van der Waals surface area (Å²) in [6.45, 7) is 0.741. The molecule has 4 rings (SSSR count). The molecule has 0 atom stereocenters. The van der Waals surface area contributed by atoms with E-state index in [0.717, 1.165) is 22.6 Å². The molecule has 6 nitrogen and oxygen atoms in total. The van der Waals surface area contributed by atoms with Crippen LogP contribution >= 0.6 is 35.0 Å². The fraction of sp³-hybridized carbons (Fsp3) is 0.188. The maximum absolute atomic E-state index is 6.21. The third-order valence-corrected chi connectivity index (χ3v) is 5.06. The van der Waals surface area contributed by atoms with Crippen LogP contribution in [0.3, 0.4) is 0 Å². The Hall–Kier alpha value is -1.80. The van der Waals surface area contributed by atoms with Crippen molar-refractivity contribution in [2.45, 2.75) is 17.5 Å². The Bertz CT molecular complexity index is 902. The summed E-state index contributed by atoms with van der Waals surface area (Å²) in [5, 5.41) is 13.9. The first-order valence-electron chi connectivity index (χ1n) is 7.39. The average Bonchev–Trinajstić information content (AvgIpc) is 3.08. The highest BCUT2D eigenvalue weighted by Crippen LogP contribution is 2.35. The van der Waals surface area contributed by atoms with Crippen LogP contribution < -0.4 is 4.74 Å². The maximum Gasteiger partial charge on any atom is 0.214 e. The Morgan fingerprint density at radius 1 is 1.12 bits per heavy atom. The van der Waals surface area contributed by atoms with Crippen LogP contribution in [-0.2, 0) is 17.1 Å². The first-order chi connectivity index (χ1) is 12.2. The number of ether oxygens (including phenoxy) is 2. The second-order valence-corrected chi connectivity index (χ2v) is 7.12. The lowest BCUT2D eigenvalue weighted by Gasteiger charge is -2.20. The summed E-state index contributed by atoms with van der Waals surface area (Å²) in [6, 6.07) is 11.1. The summed E-state index contributed by atoms with van der Waals surface area (Å²) in [5.41, 5.74) is 2.78. The zero-order valence-electron chi connectivity index (χ0n) is 12.9. The van der Waals surface area contributed by atoms with E-state index in [9.17, 15) is 0 Å². The normalized spacial score (nSPS) is 13.4. The Morgan fingerprint density at radius 3 is 2.80 bits per heavy atom. The van der Waals surface area contributed by atoms with Gasteiger partial charge >= 0.3 is 0 Å². The predicted molar refractivity (Wildman–Crippen MR) is 95.5 cm³/mol. The standard InChI is InChI=1S/C16H12Cl2N4O2S/c17-12-1-3-14(4-2-12)22-16(19-20-21-22)25-8-11-6-13(18)5-10-7-23-9-24-15(10)11/h1-6H,7-9H2. The van der Waals surface area contributed by atoms with E-state index in [1.54, 1.807) is 16.8 Å². The molecule has 0 fully saturated rings. The molecule has 0 bridgehead atoms. The number of fused-ring (bicyclic) bond motifs is 1. The van der Waals surface area contributed by atoms with Gasteiger partial charge in [-0.05, 0) is 46.8 Å². The summed E-state index contributed by atoms with van der Waals surface area (Å²) in [7, 11) is 0. The lowest BCUT2D eigenvalue weighted by molar-refractivity contribution is -0.0168. The van der Waals surface area contributed by atoms with Gasteiger partial charge in [-0.15, -0.1) is 5.10 Å². The van der Waals surface area contributed by atoms with Crippen LogP contribution in [0.5, 0.6) is 5.75 Å². The zero-order chi connectivity index (χ0) is 17.2. The molecule has 0 unspecified atom stereocenters. The number of rotatable bonds is 4. The van der Waals surface area contributed by atoms with E-state index in [0.29, 0.717) is 27.6 Å². The van der Waals surface area contributed by atoms with E-state index in [1.807, 2.05) is 24.3 Å². The van der Waals surface area contributed by atoms with Gasteiger partial charge in [0.15, 0.2) is 6.79 Å². The number of thioether (sulfide) groups is 1. The van der Waals surface area contributed by atoms with Crippen LogP contribution in [0, 0.1) is 0 Å². The third-order valence-electron chi connectivity index (χ3n) is 3.62. The van der Waals surface area contributed by atoms with Gasteiger partial charge in [0, 0.05) is 26.9 Å². The smallest absolute Gasteiger partial charge is 0.214 e. The molecule has 25 heavy (non-hydrogen) atoms. The number of hydrogen-bond donors (Lipinski definition) is 0. The number of hydrogen-bond acceptors (Lipinski definition) is 6. The van der Waals surface area contributed by atoms with Gasteiger partial charge in [-0.25, -0.2) is 0 Å². The average molecular weight is 395 g/mol. The molecule has 1 aliphatic rings. The minimum Gasteiger partial charge on any atom is -0.467 e. The van der Waals surface area contributed by atoms with Crippen molar-refractivity contribution >= 4 is 35.0 Å². The first-order valence-corrected chi connectivity index (χ1v) is 9.14. The van der Waals surface area contributed by atoms with Crippen LogP contribution in [0.2, 0.25) is 10.0 Å². The Morgan fingerprint density at radius 2 is 1.96 bits per heavy atom. The molecule has 0 aliphatic carbocycles. The SMILES string of the molecule is Clc1ccc(-n2nnnc2SCc2cc(Cl)cc3c2OCOC3)cc1. The quantitative estimate of drug-likeness (QED) is 0.619. The monoisotopic (exact) mass is 394 g/mol. The molecule has 0 amide bonds. The molecule has 0 N–H and O–H groups in total.